The van der Waals surface area contributed by atoms with Gasteiger partial charge in [-0.3, -0.25) is 14.4 Å². The molecule has 1 unspecified atom stereocenters. The zero-order valence-corrected chi connectivity index (χ0v) is 14.9. The number of rotatable bonds is 5. The number of anilines is 2. The fourth-order valence-corrected chi connectivity index (χ4v) is 3.11. The van der Waals surface area contributed by atoms with Crippen LogP contribution in [0.25, 0.3) is 0 Å². The second kappa shape index (κ2) is 8.03. The average molecular weight is 389 g/mol. The minimum atomic E-state index is -0.960. The number of hydrogen-bond donors (Lipinski definition) is 2. The quantitative estimate of drug-likeness (QED) is 0.769. The van der Waals surface area contributed by atoms with Gasteiger partial charge < -0.3 is 10.6 Å². The number of aliphatic imine (C=N–C) groups is 1. The number of halogens is 1. The highest BCUT2D eigenvalue weighted by molar-refractivity contribution is 7.14. The van der Waals surface area contributed by atoms with Crippen LogP contribution in [0.5, 0.6) is 0 Å². The smallest absolute Gasteiger partial charge is 0.262 e. The summed E-state index contributed by atoms with van der Waals surface area (Å²) in [7, 11) is 0. The van der Waals surface area contributed by atoms with Crippen LogP contribution in [0.2, 0.25) is 5.02 Å². The molecule has 1 aromatic carbocycles. The number of dihydropyridines is 1. The van der Waals surface area contributed by atoms with Crippen molar-refractivity contribution in [2.75, 3.05) is 10.6 Å². The summed E-state index contributed by atoms with van der Waals surface area (Å²) in [5, 5.41) is 7.80. The SMILES string of the molecule is O=C(Cc1csc(NC(=O)C2C=CC=NC2=O)n1)Nc1cccc(Cl)c1. The first-order valence-electron chi connectivity index (χ1n) is 7.56. The summed E-state index contributed by atoms with van der Waals surface area (Å²) in [6.07, 6.45) is 4.40. The first-order valence-corrected chi connectivity index (χ1v) is 8.82. The van der Waals surface area contributed by atoms with Crippen LogP contribution in [0.1, 0.15) is 5.69 Å². The van der Waals surface area contributed by atoms with Crippen molar-refractivity contribution in [1.29, 1.82) is 0 Å². The van der Waals surface area contributed by atoms with Crippen molar-refractivity contribution in [3.63, 3.8) is 0 Å². The van der Waals surface area contributed by atoms with E-state index in [1.54, 1.807) is 35.7 Å². The third-order valence-corrected chi connectivity index (χ3v) is 4.41. The molecule has 1 atom stereocenters. The van der Waals surface area contributed by atoms with Gasteiger partial charge in [-0.05, 0) is 24.3 Å². The van der Waals surface area contributed by atoms with Crippen LogP contribution in [0, 0.1) is 5.92 Å². The van der Waals surface area contributed by atoms with Crippen molar-refractivity contribution in [2.45, 2.75) is 6.42 Å². The summed E-state index contributed by atoms with van der Waals surface area (Å²) in [5.41, 5.74) is 1.10. The van der Waals surface area contributed by atoms with Crippen molar-refractivity contribution in [3.8, 4) is 0 Å². The first kappa shape index (κ1) is 18.0. The maximum Gasteiger partial charge on any atom is 0.262 e. The highest BCUT2D eigenvalue weighted by Gasteiger charge is 2.25. The maximum atomic E-state index is 12.1. The Hall–Kier alpha value is -2.84. The summed E-state index contributed by atoms with van der Waals surface area (Å²) in [5.74, 6) is -2.25. The lowest BCUT2D eigenvalue weighted by Crippen LogP contribution is -2.28. The predicted octanol–water partition coefficient (Wildman–Crippen LogP) is 2.70. The highest BCUT2D eigenvalue weighted by Crippen LogP contribution is 2.19. The molecule has 0 aliphatic carbocycles. The predicted molar refractivity (Wildman–Crippen MR) is 101 cm³/mol. The summed E-state index contributed by atoms with van der Waals surface area (Å²) in [6, 6.07) is 6.82. The molecule has 2 N–H and O–H groups in total. The molecule has 132 valence electrons. The number of benzene rings is 1. The lowest BCUT2D eigenvalue weighted by molar-refractivity contribution is -0.128. The van der Waals surface area contributed by atoms with Gasteiger partial charge >= 0.3 is 0 Å². The van der Waals surface area contributed by atoms with E-state index in [1.807, 2.05) is 0 Å². The lowest BCUT2D eigenvalue weighted by atomic mass is 10.1. The Balaban J connectivity index is 1.56. The Morgan fingerprint density at radius 2 is 2.12 bits per heavy atom. The molecule has 1 aliphatic heterocycles. The number of nitrogens with one attached hydrogen (secondary N) is 2. The van der Waals surface area contributed by atoms with E-state index in [1.165, 1.54) is 23.6 Å². The molecule has 2 heterocycles. The zero-order chi connectivity index (χ0) is 18.5. The number of nitrogens with zero attached hydrogens (tertiary/aromatic N) is 2. The lowest BCUT2D eigenvalue weighted by Gasteiger charge is -2.09. The largest absolute Gasteiger partial charge is 0.326 e. The average Bonchev–Trinajstić information content (AvgIpc) is 3.01. The second-order valence-electron chi connectivity index (χ2n) is 5.35. The number of allylic oxidation sites excluding steroid dienone is 1. The molecule has 1 aliphatic rings. The van der Waals surface area contributed by atoms with Gasteiger partial charge in [-0.1, -0.05) is 23.7 Å². The van der Waals surface area contributed by atoms with Crippen molar-refractivity contribution < 1.29 is 14.4 Å². The Kier molecular flexibility index (Phi) is 5.55. The number of aromatic nitrogens is 1. The van der Waals surface area contributed by atoms with E-state index in [-0.39, 0.29) is 12.3 Å². The third-order valence-electron chi connectivity index (χ3n) is 3.37. The Morgan fingerprint density at radius 1 is 1.27 bits per heavy atom. The van der Waals surface area contributed by atoms with Crippen LogP contribution in [0.3, 0.4) is 0 Å². The van der Waals surface area contributed by atoms with Crippen LogP contribution < -0.4 is 10.6 Å². The molecule has 0 spiro atoms. The van der Waals surface area contributed by atoms with Crippen LogP contribution in [0.15, 0.2) is 46.8 Å². The monoisotopic (exact) mass is 388 g/mol. The van der Waals surface area contributed by atoms with Crippen molar-refractivity contribution in [3.05, 3.63) is 52.5 Å². The van der Waals surface area contributed by atoms with E-state index in [0.29, 0.717) is 21.5 Å². The number of carbonyl (C=O) groups is 3. The number of thiazole rings is 1. The molecule has 7 nitrogen and oxygen atoms in total. The molecule has 2 aromatic rings. The van der Waals surface area contributed by atoms with Gasteiger partial charge in [0.05, 0.1) is 12.1 Å². The Bertz CT molecular complexity index is 922. The summed E-state index contributed by atoms with van der Waals surface area (Å²) < 4.78 is 0. The highest BCUT2D eigenvalue weighted by atomic mass is 35.5. The fraction of sp³-hybridized carbons (Fsp3) is 0.118. The van der Waals surface area contributed by atoms with Gasteiger partial charge in [0.2, 0.25) is 11.8 Å². The molecule has 0 saturated heterocycles. The molecule has 9 heteroatoms. The van der Waals surface area contributed by atoms with E-state index in [9.17, 15) is 14.4 Å². The zero-order valence-electron chi connectivity index (χ0n) is 13.3. The molecule has 1 aromatic heterocycles. The van der Waals surface area contributed by atoms with E-state index in [2.05, 4.69) is 20.6 Å². The second-order valence-corrected chi connectivity index (χ2v) is 6.64. The van der Waals surface area contributed by atoms with Gasteiger partial charge in [0.15, 0.2) is 5.13 Å². The van der Waals surface area contributed by atoms with Crippen LogP contribution in [-0.4, -0.2) is 28.9 Å². The van der Waals surface area contributed by atoms with Gasteiger partial charge in [0.1, 0.15) is 5.92 Å². The summed E-state index contributed by atoms with van der Waals surface area (Å²) >= 11 is 7.05. The van der Waals surface area contributed by atoms with Gasteiger partial charge in [0, 0.05) is 22.3 Å². The minimum Gasteiger partial charge on any atom is -0.326 e. The van der Waals surface area contributed by atoms with E-state index in [4.69, 9.17) is 11.6 Å². The molecule has 0 bridgehead atoms. The van der Waals surface area contributed by atoms with Crippen molar-refractivity contribution >= 4 is 57.7 Å². The standard InChI is InChI=1S/C17H13ClN4O3S/c18-10-3-1-4-11(7-10)20-14(23)8-12-9-26-17(21-12)22-16(25)13-5-2-6-19-15(13)24/h1-7,9,13H,8H2,(H,20,23)(H,21,22,25). The molecule has 0 saturated carbocycles. The number of hydrogen-bond acceptors (Lipinski definition) is 5. The van der Waals surface area contributed by atoms with Crippen molar-refractivity contribution in [2.24, 2.45) is 10.9 Å². The van der Waals surface area contributed by atoms with Crippen molar-refractivity contribution in [1.82, 2.24) is 4.98 Å². The van der Waals surface area contributed by atoms with Crippen LogP contribution in [0.4, 0.5) is 10.8 Å². The molecule has 26 heavy (non-hydrogen) atoms. The first-order chi connectivity index (χ1) is 12.5. The molecule has 0 radical (unpaired) electrons. The fourth-order valence-electron chi connectivity index (χ4n) is 2.20. The van der Waals surface area contributed by atoms with E-state index >= 15 is 0 Å². The number of carbonyl (C=O) groups excluding carboxylic acids is 3. The third kappa shape index (κ3) is 4.62. The normalized spacial score (nSPS) is 15.7. The maximum absolute atomic E-state index is 12.1. The molecule has 3 amide bonds. The van der Waals surface area contributed by atoms with Gasteiger partial charge in [-0.25, -0.2) is 9.98 Å². The van der Waals surface area contributed by atoms with E-state index in [0.717, 1.165) is 0 Å². The van der Waals surface area contributed by atoms with Gasteiger partial charge in [-0.15, -0.1) is 11.3 Å². The summed E-state index contributed by atoms with van der Waals surface area (Å²) in [4.78, 5) is 43.5. The minimum absolute atomic E-state index is 0.0471. The van der Waals surface area contributed by atoms with Crippen LogP contribution in [-0.2, 0) is 20.8 Å². The van der Waals surface area contributed by atoms with Crippen LogP contribution >= 0.6 is 22.9 Å². The molecule has 3 rings (SSSR count). The Labute approximate surface area is 157 Å². The van der Waals surface area contributed by atoms with Gasteiger partial charge in [0.25, 0.3) is 5.91 Å². The molecule has 0 fully saturated rings. The number of amides is 3. The Morgan fingerprint density at radius 3 is 2.88 bits per heavy atom. The summed E-state index contributed by atoms with van der Waals surface area (Å²) in [6.45, 7) is 0. The van der Waals surface area contributed by atoms with Gasteiger partial charge in [-0.2, -0.15) is 0 Å². The molecular weight excluding hydrogens is 376 g/mol. The topological polar surface area (TPSA) is 101 Å². The molecular formula is C17H13ClN4O3S. The van der Waals surface area contributed by atoms with E-state index < -0.39 is 17.7 Å².